The number of nitriles is 1. The number of likely N-dealkylation sites (tertiary alicyclic amines) is 1. The number of rotatable bonds is 6. The highest BCUT2D eigenvalue weighted by Gasteiger charge is 2.26. The number of piperidine rings is 1. The van der Waals surface area contributed by atoms with Crippen molar-refractivity contribution in [2.75, 3.05) is 17.6 Å². The molecule has 4 rings (SSSR count). The summed E-state index contributed by atoms with van der Waals surface area (Å²) in [5, 5.41) is 22.0. The normalized spacial score (nSPS) is 17.8. The molecule has 2 unspecified atom stereocenters. The van der Waals surface area contributed by atoms with E-state index in [-0.39, 0.29) is 23.6 Å². The Balaban J connectivity index is 1.52. The Labute approximate surface area is 196 Å². The number of nitrogens with zero attached hydrogens (tertiary/aromatic N) is 5. The monoisotopic (exact) mass is 462 g/mol. The number of nitrogens with two attached hydrogens (primary N) is 1. The molecule has 0 spiro atoms. The molecule has 1 fully saturated rings. The summed E-state index contributed by atoms with van der Waals surface area (Å²) in [6.07, 6.45) is 6.90. The number of halogens is 1. The first kappa shape index (κ1) is 22.3. The molecule has 0 radical (unpaired) electrons. The summed E-state index contributed by atoms with van der Waals surface area (Å²) >= 11 is 5.85. The third kappa shape index (κ3) is 5.13. The fourth-order valence-electron chi connectivity index (χ4n) is 3.69. The van der Waals surface area contributed by atoms with Gasteiger partial charge in [-0.3, -0.25) is 5.41 Å². The van der Waals surface area contributed by atoms with Gasteiger partial charge in [0.25, 0.3) is 0 Å². The molecule has 9 nitrogen and oxygen atoms in total. The number of nitrogens with one attached hydrogen (secondary N) is 2. The van der Waals surface area contributed by atoms with Gasteiger partial charge in [0.1, 0.15) is 23.7 Å². The number of nitrogen functional groups attached to an aromatic ring is 1. The van der Waals surface area contributed by atoms with E-state index in [9.17, 15) is 5.26 Å². The maximum Gasteiger partial charge on any atom is 0.219 e. The number of aromatic nitrogens is 3. The smallest absolute Gasteiger partial charge is 0.219 e. The van der Waals surface area contributed by atoms with Crippen LogP contribution in [-0.4, -0.2) is 44.2 Å². The van der Waals surface area contributed by atoms with Crippen LogP contribution in [-0.2, 0) is 0 Å². The van der Waals surface area contributed by atoms with E-state index in [0.717, 1.165) is 12.8 Å². The van der Waals surface area contributed by atoms with E-state index in [1.54, 1.807) is 41.3 Å². The topological polar surface area (TPSA) is 137 Å². The van der Waals surface area contributed by atoms with E-state index < -0.39 is 0 Å². The lowest BCUT2D eigenvalue weighted by Gasteiger charge is -2.35. The Morgan fingerprint density at radius 3 is 2.70 bits per heavy atom. The Morgan fingerprint density at radius 2 is 2.00 bits per heavy atom. The second-order valence-electron chi connectivity index (χ2n) is 7.82. The molecular formula is C23H23ClN8O. The van der Waals surface area contributed by atoms with Crippen molar-refractivity contribution in [1.82, 2.24) is 19.9 Å². The van der Waals surface area contributed by atoms with Gasteiger partial charge < -0.3 is 20.7 Å². The number of ether oxygens (including phenoxy) is 1. The van der Waals surface area contributed by atoms with Crippen molar-refractivity contribution < 1.29 is 4.74 Å². The van der Waals surface area contributed by atoms with Gasteiger partial charge in [0.05, 0.1) is 16.3 Å². The van der Waals surface area contributed by atoms with E-state index in [2.05, 4.69) is 26.5 Å². The average molecular weight is 463 g/mol. The molecule has 0 aliphatic carbocycles. The molecule has 33 heavy (non-hydrogen) atoms. The summed E-state index contributed by atoms with van der Waals surface area (Å²) in [6.45, 7) is 2.61. The van der Waals surface area contributed by atoms with Crippen molar-refractivity contribution in [3.63, 3.8) is 0 Å². The van der Waals surface area contributed by atoms with Gasteiger partial charge in [-0.15, -0.1) is 0 Å². The van der Waals surface area contributed by atoms with Crippen molar-refractivity contribution in [3.05, 3.63) is 65.1 Å². The molecule has 168 valence electrons. The van der Waals surface area contributed by atoms with E-state index in [1.807, 2.05) is 6.92 Å². The minimum absolute atomic E-state index is 0.0179. The first-order valence-electron chi connectivity index (χ1n) is 10.5. The minimum atomic E-state index is 0.0179. The predicted octanol–water partition coefficient (Wildman–Crippen LogP) is 4.06. The van der Waals surface area contributed by atoms with Gasteiger partial charge in [-0.25, -0.2) is 15.0 Å². The third-order valence-electron chi connectivity index (χ3n) is 5.54. The molecule has 0 saturated carbocycles. The zero-order chi connectivity index (χ0) is 23.4. The standard InChI is InChI=1S/C23H23ClN8O/c1-14-2-6-17(11-32(14)12-25)31-23-20(22(27)29-13-30-23)21(26)15-3-7-18(8-4-15)33-19-9-5-16(24)10-28-19/h3-5,7-10,13-14,17,26H,2,6,11H2,1H3,(H3,27,29,30,31). The lowest BCUT2D eigenvalue weighted by molar-refractivity contribution is 0.226. The molecule has 1 aliphatic rings. The average Bonchev–Trinajstić information content (AvgIpc) is 2.82. The number of hydrogen-bond donors (Lipinski definition) is 3. The summed E-state index contributed by atoms with van der Waals surface area (Å²) in [5.41, 5.74) is 7.39. The molecule has 0 bridgehead atoms. The van der Waals surface area contributed by atoms with Crippen LogP contribution in [0.3, 0.4) is 0 Å². The Kier molecular flexibility index (Phi) is 6.56. The SMILES string of the molecule is CC1CCC(Nc2ncnc(N)c2C(=N)c2ccc(Oc3ccc(Cl)cn3)cc2)CN1C#N. The van der Waals surface area contributed by atoms with Crippen molar-refractivity contribution in [1.29, 1.82) is 10.7 Å². The summed E-state index contributed by atoms with van der Waals surface area (Å²) in [4.78, 5) is 14.3. The highest BCUT2D eigenvalue weighted by Crippen LogP contribution is 2.27. The molecule has 1 aliphatic heterocycles. The number of benzene rings is 1. The fourth-order valence-corrected chi connectivity index (χ4v) is 3.80. The zero-order valence-corrected chi connectivity index (χ0v) is 18.8. The molecule has 1 saturated heterocycles. The van der Waals surface area contributed by atoms with Gasteiger partial charge in [-0.05, 0) is 50.1 Å². The summed E-state index contributed by atoms with van der Waals surface area (Å²) < 4.78 is 5.72. The van der Waals surface area contributed by atoms with E-state index in [4.69, 9.17) is 27.5 Å². The molecule has 4 N–H and O–H groups in total. The molecule has 1 aromatic carbocycles. The third-order valence-corrected chi connectivity index (χ3v) is 5.77. The van der Waals surface area contributed by atoms with E-state index in [0.29, 0.717) is 40.1 Å². The first-order chi connectivity index (χ1) is 15.9. The van der Waals surface area contributed by atoms with E-state index in [1.165, 1.54) is 12.5 Å². The van der Waals surface area contributed by atoms with Crippen LogP contribution in [0.15, 0.2) is 48.9 Å². The van der Waals surface area contributed by atoms with Crippen LogP contribution in [0.1, 0.15) is 30.9 Å². The second-order valence-corrected chi connectivity index (χ2v) is 8.26. The summed E-state index contributed by atoms with van der Waals surface area (Å²) in [6, 6.07) is 10.6. The zero-order valence-electron chi connectivity index (χ0n) is 18.0. The highest BCUT2D eigenvalue weighted by molar-refractivity contribution is 6.30. The van der Waals surface area contributed by atoms with Crippen molar-refractivity contribution in [3.8, 4) is 17.8 Å². The van der Waals surface area contributed by atoms with Crippen LogP contribution in [0.5, 0.6) is 11.6 Å². The molecular weight excluding hydrogens is 440 g/mol. The van der Waals surface area contributed by atoms with Gasteiger partial charge in [0.2, 0.25) is 5.88 Å². The maximum absolute atomic E-state index is 9.36. The first-order valence-corrected chi connectivity index (χ1v) is 10.8. The lowest BCUT2D eigenvalue weighted by Crippen LogP contribution is -2.44. The maximum atomic E-state index is 9.36. The largest absolute Gasteiger partial charge is 0.439 e. The van der Waals surface area contributed by atoms with Gasteiger partial charge in [0.15, 0.2) is 6.19 Å². The summed E-state index contributed by atoms with van der Waals surface area (Å²) in [7, 11) is 0. The highest BCUT2D eigenvalue weighted by atomic mass is 35.5. The quantitative estimate of drug-likeness (QED) is 0.368. The van der Waals surface area contributed by atoms with Crippen LogP contribution < -0.4 is 15.8 Å². The Morgan fingerprint density at radius 1 is 1.21 bits per heavy atom. The van der Waals surface area contributed by atoms with Crippen LogP contribution in [0, 0.1) is 16.9 Å². The Hall–Kier alpha value is -3.90. The minimum Gasteiger partial charge on any atom is -0.439 e. The van der Waals surface area contributed by atoms with Gasteiger partial charge >= 0.3 is 0 Å². The van der Waals surface area contributed by atoms with Gasteiger partial charge in [-0.1, -0.05) is 11.6 Å². The predicted molar refractivity (Wildman–Crippen MR) is 127 cm³/mol. The molecule has 3 heterocycles. The molecule has 2 atom stereocenters. The van der Waals surface area contributed by atoms with Crippen molar-refractivity contribution >= 4 is 28.9 Å². The van der Waals surface area contributed by atoms with Gasteiger partial charge in [-0.2, -0.15) is 5.26 Å². The molecule has 0 amide bonds. The lowest BCUT2D eigenvalue weighted by atomic mass is 9.99. The molecule has 10 heteroatoms. The van der Waals surface area contributed by atoms with Gasteiger partial charge in [0, 0.05) is 36.5 Å². The number of anilines is 2. The molecule has 2 aromatic heterocycles. The second kappa shape index (κ2) is 9.71. The number of hydrogen-bond acceptors (Lipinski definition) is 9. The summed E-state index contributed by atoms with van der Waals surface area (Å²) in [5.74, 6) is 1.69. The van der Waals surface area contributed by atoms with Crippen LogP contribution in [0.2, 0.25) is 5.02 Å². The van der Waals surface area contributed by atoms with E-state index >= 15 is 0 Å². The van der Waals surface area contributed by atoms with Crippen LogP contribution >= 0.6 is 11.6 Å². The molecule has 3 aromatic rings. The fraction of sp³-hybridized carbons (Fsp3) is 0.261. The van der Waals surface area contributed by atoms with Crippen LogP contribution in [0.4, 0.5) is 11.6 Å². The number of pyridine rings is 1. The van der Waals surface area contributed by atoms with Crippen LogP contribution in [0.25, 0.3) is 0 Å². The van der Waals surface area contributed by atoms with Crippen molar-refractivity contribution in [2.24, 2.45) is 0 Å². The van der Waals surface area contributed by atoms with Crippen molar-refractivity contribution in [2.45, 2.75) is 31.8 Å². The Bertz CT molecular complexity index is 1180.